The number of hydrogen-bond acceptors (Lipinski definition) is 11. The number of nitrogens with two attached hydrogens (primary N) is 1. The molecule has 4 atom stereocenters. The molecule has 0 unspecified atom stereocenters. The van der Waals surface area contributed by atoms with Crippen molar-refractivity contribution in [2.24, 2.45) is 5.10 Å². The number of rotatable bonds is 5. The SMILES string of the molecule is Nc1nc(N/N=C/c2ccc(Cl)cc2O)nc2c1ncn2[C@@H]1O[C@H](CO)[C@@H](O)[C@H]1O. The largest absolute Gasteiger partial charge is 0.507 e. The summed E-state index contributed by atoms with van der Waals surface area (Å²) in [6.07, 6.45) is -1.87. The van der Waals surface area contributed by atoms with E-state index in [2.05, 4.69) is 25.5 Å². The first-order valence-electron chi connectivity index (χ1n) is 8.79. The van der Waals surface area contributed by atoms with Crippen molar-refractivity contribution in [3.8, 4) is 5.75 Å². The summed E-state index contributed by atoms with van der Waals surface area (Å²) < 4.78 is 6.90. The Kier molecular flexibility index (Phi) is 5.40. The van der Waals surface area contributed by atoms with Crippen LogP contribution < -0.4 is 11.2 Å². The van der Waals surface area contributed by atoms with Crippen molar-refractivity contribution < 1.29 is 25.2 Å². The van der Waals surface area contributed by atoms with Gasteiger partial charge in [0.1, 0.15) is 29.6 Å². The lowest BCUT2D eigenvalue weighted by atomic mass is 10.1. The van der Waals surface area contributed by atoms with Crippen molar-refractivity contribution in [1.29, 1.82) is 0 Å². The Morgan fingerprint density at radius 3 is 2.80 bits per heavy atom. The highest BCUT2D eigenvalue weighted by Gasteiger charge is 2.44. The number of fused-ring (bicyclic) bond motifs is 1. The van der Waals surface area contributed by atoms with E-state index in [9.17, 15) is 20.4 Å². The van der Waals surface area contributed by atoms with Gasteiger partial charge in [-0.3, -0.25) is 4.57 Å². The summed E-state index contributed by atoms with van der Waals surface area (Å²) in [6, 6.07) is 4.56. The fourth-order valence-corrected chi connectivity index (χ4v) is 3.24. The summed E-state index contributed by atoms with van der Waals surface area (Å²) in [6.45, 7) is -0.461. The Morgan fingerprint density at radius 2 is 2.10 bits per heavy atom. The van der Waals surface area contributed by atoms with Crippen LogP contribution in [0.1, 0.15) is 11.8 Å². The van der Waals surface area contributed by atoms with E-state index in [0.717, 1.165) is 0 Å². The number of ether oxygens (including phenoxy) is 1. The fraction of sp³-hybridized carbons (Fsp3) is 0.294. The minimum atomic E-state index is -1.31. The number of aliphatic hydroxyl groups is 3. The van der Waals surface area contributed by atoms with Gasteiger partial charge in [0.15, 0.2) is 17.7 Å². The smallest absolute Gasteiger partial charge is 0.247 e. The van der Waals surface area contributed by atoms with Gasteiger partial charge in [-0.1, -0.05) is 11.6 Å². The Morgan fingerprint density at radius 1 is 1.30 bits per heavy atom. The number of phenolic OH excluding ortho intramolecular Hbond substituents is 1. The Labute approximate surface area is 174 Å². The van der Waals surface area contributed by atoms with E-state index in [-0.39, 0.29) is 28.7 Å². The van der Waals surface area contributed by atoms with E-state index >= 15 is 0 Å². The predicted octanol–water partition coefficient (Wildman–Crippen LogP) is -0.175. The second kappa shape index (κ2) is 8.01. The van der Waals surface area contributed by atoms with Crippen molar-refractivity contribution in [3.63, 3.8) is 0 Å². The second-order valence-electron chi connectivity index (χ2n) is 6.56. The third kappa shape index (κ3) is 3.62. The van der Waals surface area contributed by atoms with Crippen molar-refractivity contribution in [2.45, 2.75) is 24.5 Å². The Bertz CT molecular complexity index is 1110. The van der Waals surface area contributed by atoms with Crippen LogP contribution in [0.15, 0.2) is 29.6 Å². The number of nitrogens with zero attached hydrogens (tertiary/aromatic N) is 5. The number of aromatic hydroxyl groups is 1. The zero-order valence-corrected chi connectivity index (χ0v) is 16.0. The number of nitrogen functional groups attached to an aromatic ring is 1. The predicted molar refractivity (Wildman–Crippen MR) is 107 cm³/mol. The van der Waals surface area contributed by atoms with Gasteiger partial charge in [0.2, 0.25) is 5.95 Å². The molecule has 7 N–H and O–H groups in total. The fourth-order valence-electron chi connectivity index (χ4n) is 3.07. The van der Waals surface area contributed by atoms with Gasteiger partial charge in [-0.15, -0.1) is 0 Å². The van der Waals surface area contributed by atoms with Crippen LogP contribution in [-0.2, 0) is 4.74 Å². The van der Waals surface area contributed by atoms with Gasteiger partial charge in [0.25, 0.3) is 0 Å². The first-order valence-corrected chi connectivity index (χ1v) is 9.17. The number of benzene rings is 1. The zero-order chi connectivity index (χ0) is 21.4. The van der Waals surface area contributed by atoms with Crippen LogP contribution in [0.3, 0.4) is 0 Å². The van der Waals surface area contributed by atoms with Gasteiger partial charge in [-0.25, -0.2) is 10.4 Å². The standard InChI is InChI=1S/C17H18ClN7O5/c18-8-2-1-7(9(27)3-8)4-21-24-17-22-14(19)11-15(23-17)25(6-20-11)16-13(29)12(28)10(5-26)30-16/h1-4,6,10,12-13,16,26-29H,5H2,(H3,19,22,23,24)/b21-4+/t10-,12-,13-,16-/m1/s1. The van der Waals surface area contributed by atoms with E-state index in [1.807, 2.05) is 0 Å². The number of anilines is 2. The summed E-state index contributed by atoms with van der Waals surface area (Å²) in [5.41, 5.74) is 9.45. The van der Waals surface area contributed by atoms with Gasteiger partial charge in [-0.2, -0.15) is 15.1 Å². The maximum Gasteiger partial charge on any atom is 0.247 e. The van der Waals surface area contributed by atoms with Crippen LogP contribution in [0.4, 0.5) is 11.8 Å². The molecule has 158 valence electrons. The lowest BCUT2D eigenvalue weighted by Gasteiger charge is -2.16. The molecule has 1 saturated heterocycles. The number of nitrogens with one attached hydrogen (secondary N) is 1. The molecule has 13 heteroatoms. The Hall–Kier alpha value is -3.03. The highest BCUT2D eigenvalue weighted by Crippen LogP contribution is 2.32. The maximum atomic E-state index is 10.3. The second-order valence-corrected chi connectivity index (χ2v) is 6.99. The van der Waals surface area contributed by atoms with Crippen LogP contribution in [-0.4, -0.2) is 71.1 Å². The van der Waals surface area contributed by atoms with Gasteiger partial charge in [0, 0.05) is 10.6 Å². The molecule has 1 fully saturated rings. The van der Waals surface area contributed by atoms with E-state index in [0.29, 0.717) is 10.6 Å². The summed E-state index contributed by atoms with van der Waals surface area (Å²) in [5, 5.41) is 43.7. The lowest BCUT2D eigenvalue weighted by Crippen LogP contribution is -2.33. The molecule has 1 aliphatic rings. The Balaban J connectivity index is 1.61. The number of aromatic nitrogens is 4. The van der Waals surface area contributed by atoms with E-state index in [1.54, 1.807) is 12.1 Å². The molecule has 0 amide bonds. The monoisotopic (exact) mass is 435 g/mol. The first kappa shape index (κ1) is 20.3. The molecule has 0 aliphatic carbocycles. The van der Waals surface area contributed by atoms with Crippen molar-refractivity contribution in [3.05, 3.63) is 35.1 Å². The molecule has 4 rings (SSSR count). The number of hydrazone groups is 1. The van der Waals surface area contributed by atoms with Crippen LogP contribution in [0.2, 0.25) is 5.02 Å². The molecule has 3 aromatic rings. The average molecular weight is 436 g/mol. The van der Waals surface area contributed by atoms with Crippen molar-refractivity contribution in [1.82, 2.24) is 19.5 Å². The summed E-state index contributed by atoms with van der Waals surface area (Å²) in [7, 11) is 0. The van der Waals surface area contributed by atoms with E-state index in [4.69, 9.17) is 22.1 Å². The molecule has 1 aromatic carbocycles. The van der Waals surface area contributed by atoms with E-state index in [1.165, 1.54) is 23.2 Å². The topological polar surface area (TPSA) is 184 Å². The van der Waals surface area contributed by atoms with Crippen molar-refractivity contribution in [2.75, 3.05) is 17.8 Å². The van der Waals surface area contributed by atoms with Gasteiger partial charge < -0.3 is 30.9 Å². The molecule has 3 heterocycles. The number of aliphatic hydroxyl groups excluding tert-OH is 3. The number of halogens is 1. The molecule has 0 saturated carbocycles. The minimum absolute atomic E-state index is 0.0261. The maximum absolute atomic E-state index is 10.3. The number of hydrogen-bond donors (Lipinski definition) is 6. The van der Waals surface area contributed by atoms with Crippen molar-refractivity contribution >= 4 is 40.7 Å². The highest BCUT2D eigenvalue weighted by molar-refractivity contribution is 6.30. The molecule has 1 aliphatic heterocycles. The molecule has 12 nitrogen and oxygen atoms in total. The zero-order valence-electron chi connectivity index (χ0n) is 15.3. The quantitative estimate of drug-likeness (QED) is 0.232. The molecular formula is C17H18ClN7O5. The molecule has 30 heavy (non-hydrogen) atoms. The molecule has 0 bridgehead atoms. The number of imidazole rings is 1. The van der Waals surface area contributed by atoms with Crippen LogP contribution in [0, 0.1) is 0 Å². The minimum Gasteiger partial charge on any atom is -0.507 e. The van der Waals surface area contributed by atoms with Gasteiger partial charge in [-0.05, 0) is 18.2 Å². The highest BCUT2D eigenvalue weighted by atomic mass is 35.5. The third-order valence-electron chi connectivity index (χ3n) is 4.60. The molecule has 0 radical (unpaired) electrons. The van der Waals surface area contributed by atoms with Gasteiger partial charge >= 0.3 is 0 Å². The van der Waals surface area contributed by atoms with Crippen LogP contribution in [0.25, 0.3) is 11.2 Å². The van der Waals surface area contributed by atoms with Crippen LogP contribution >= 0.6 is 11.6 Å². The first-order chi connectivity index (χ1) is 14.4. The summed E-state index contributed by atoms with van der Waals surface area (Å²) >= 11 is 5.80. The normalized spacial score (nSPS) is 24.1. The molecule has 2 aromatic heterocycles. The van der Waals surface area contributed by atoms with Gasteiger partial charge in [0.05, 0.1) is 19.1 Å². The third-order valence-corrected chi connectivity index (χ3v) is 4.84. The molecular weight excluding hydrogens is 418 g/mol. The number of phenols is 1. The molecule has 0 spiro atoms. The summed E-state index contributed by atoms with van der Waals surface area (Å²) in [4.78, 5) is 12.5. The summed E-state index contributed by atoms with van der Waals surface area (Å²) in [5.74, 6) is 0.0297. The van der Waals surface area contributed by atoms with E-state index < -0.39 is 31.1 Å². The lowest BCUT2D eigenvalue weighted by molar-refractivity contribution is -0.0511. The average Bonchev–Trinajstić information content (AvgIpc) is 3.25. The van der Waals surface area contributed by atoms with Crippen LogP contribution in [0.5, 0.6) is 5.75 Å².